The molecule has 126 valence electrons. The third-order valence-corrected chi connectivity index (χ3v) is 6.00. The topological polar surface area (TPSA) is 54.2 Å². The molecular weight excluding hydrogens is 300 g/mol. The van der Waals surface area contributed by atoms with Crippen LogP contribution in [0.5, 0.6) is 0 Å². The molecule has 3 atom stereocenters. The highest BCUT2D eigenvalue weighted by atomic mass is 16.3. The number of likely N-dealkylation sites (tertiary alicyclic amines) is 1. The number of aromatic nitrogens is 3. The largest absolute Gasteiger partial charge is 0.387 e. The summed E-state index contributed by atoms with van der Waals surface area (Å²) < 4.78 is 2.30. The minimum absolute atomic E-state index is 0.211. The molecule has 3 unspecified atom stereocenters. The highest BCUT2D eigenvalue weighted by molar-refractivity contribution is 5.36. The van der Waals surface area contributed by atoms with Crippen LogP contribution < -0.4 is 0 Å². The molecule has 2 aromatic rings. The van der Waals surface area contributed by atoms with Gasteiger partial charge in [0.15, 0.2) is 0 Å². The van der Waals surface area contributed by atoms with Crippen LogP contribution in [-0.4, -0.2) is 43.9 Å². The van der Waals surface area contributed by atoms with E-state index in [1.807, 2.05) is 12.4 Å². The minimum atomic E-state index is -0.360. The first-order valence-electron chi connectivity index (χ1n) is 9.20. The van der Waals surface area contributed by atoms with Crippen LogP contribution in [0.4, 0.5) is 0 Å². The molecular formula is C19H24N4O. The summed E-state index contributed by atoms with van der Waals surface area (Å²) in [6, 6.07) is 9.18. The predicted molar refractivity (Wildman–Crippen MR) is 90.7 cm³/mol. The lowest BCUT2D eigenvalue weighted by Gasteiger charge is -2.37. The van der Waals surface area contributed by atoms with E-state index in [4.69, 9.17) is 0 Å². The Balaban J connectivity index is 1.36. The molecule has 3 aliphatic rings. The zero-order chi connectivity index (χ0) is 16.1. The molecule has 0 amide bonds. The maximum atomic E-state index is 10.8. The first-order chi connectivity index (χ1) is 11.8. The van der Waals surface area contributed by atoms with Crippen molar-refractivity contribution in [2.24, 2.45) is 0 Å². The van der Waals surface area contributed by atoms with Crippen LogP contribution >= 0.6 is 0 Å². The van der Waals surface area contributed by atoms with Crippen molar-refractivity contribution in [3.05, 3.63) is 47.5 Å². The zero-order valence-electron chi connectivity index (χ0n) is 13.9. The summed E-state index contributed by atoms with van der Waals surface area (Å²) in [6.07, 6.45) is 7.38. The van der Waals surface area contributed by atoms with Crippen molar-refractivity contribution in [2.45, 2.75) is 56.2 Å². The van der Waals surface area contributed by atoms with E-state index in [-0.39, 0.29) is 12.1 Å². The second-order valence-electron chi connectivity index (χ2n) is 7.58. The van der Waals surface area contributed by atoms with Crippen LogP contribution in [0.2, 0.25) is 0 Å². The van der Waals surface area contributed by atoms with E-state index in [2.05, 4.69) is 37.9 Å². The monoisotopic (exact) mass is 324 g/mol. The van der Waals surface area contributed by atoms with Gasteiger partial charge in [0, 0.05) is 24.5 Å². The number of aliphatic hydroxyl groups is 1. The fraction of sp³-hybridized carbons (Fsp3) is 0.579. The van der Waals surface area contributed by atoms with Gasteiger partial charge >= 0.3 is 0 Å². The van der Waals surface area contributed by atoms with Crippen LogP contribution in [0, 0.1) is 0 Å². The van der Waals surface area contributed by atoms with E-state index in [0.29, 0.717) is 12.0 Å². The van der Waals surface area contributed by atoms with Gasteiger partial charge in [0.25, 0.3) is 0 Å². The van der Waals surface area contributed by atoms with Crippen molar-refractivity contribution in [1.29, 1.82) is 0 Å². The molecule has 24 heavy (non-hydrogen) atoms. The summed E-state index contributed by atoms with van der Waals surface area (Å²) in [5.41, 5.74) is 2.42. The third-order valence-electron chi connectivity index (χ3n) is 6.00. The molecule has 1 saturated carbocycles. The quantitative estimate of drug-likeness (QED) is 0.942. The normalized spacial score (nSPS) is 30.5. The van der Waals surface area contributed by atoms with Gasteiger partial charge in [-0.05, 0) is 49.8 Å². The zero-order valence-corrected chi connectivity index (χ0v) is 13.9. The van der Waals surface area contributed by atoms with Crippen LogP contribution in [0.1, 0.15) is 60.7 Å². The molecule has 1 aromatic heterocycles. The van der Waals surface area contributed by atoms with E-state index in [1.165, 1.54) is 31.2 Å². The summed E-state index contributed by atoms with van der Waals surface area (Å²) in [7, 11) is 0. The van der Waals surface area contributed by atoms with E-state index in [0.717, 1.165) is 30.9 Å². The van der Waals surface area contributed by atoms with Gasteiger partial charge in [-0.15, -0.1) is 10.2 Å². The fourth-order valence-electron chi connectivity index (χ4n) is 4.58. The number of fused-ring (bicyclic) bond motifs is 1. The lowest BCUT2D eigenvalue weighted by Crippen LogP contribution is -2.44. The maximum absolute atomic E-state index is 10.8. The van der Waals surface area contributed by atoms with Gasteiger partial charge in [0.2, 0.25) is 0 Å². The second kappa shape index (κ2) is 5.67. The molecule has 2 aliphatic carbocycles. The lowest BCUT2D eigenvalue weighted by molar-refractivity contribution is 0.0428. The summed E-state index contributed by atoms with van der Waals surface area (Å²) in [4.78, 5) is 2.49. The van der Waals surface area contributed by atoms with Gasteiger partial charge in [-0.3, -0.25) is 4.90 Å². The van der Waals surface area contributed by atoms with Crippen LogP contribution in [0.3, 0.4) is 0 Å². The van der Waals surface area contributed by atoms with Crippen molar-refractivity contribution in [3.63, 3.8) is 0 Å². The van der Waals surface area contributed by atoms with Gasteiger partial charge in [-0.1, -0.05) is 24.3 Å². The van der Waals surface area contributed by atoms with Gasteiger partial charge in [0.1, 0.15) is 12.2 Å². The van der Waals surface area contributed by atoms with E-state index in [9.17, 15) is 5.11 Å². The molecule has 1 aliphatic heterocycles. The average molecular weight is 324 g/mol. The van der Waals surface area contributed by atoms with Crippen LogP contribution in [-0.2, 0) is 6.42 Å². The van der Waals surface area contributed by atoms with Crippen molar-refractivity contribution >= 4 is 0 Å². The molecule has 5 nitrogen and oxygen atoms in total. The molecule has 2 fully saturated rings. The molecule has 0 spiro atoms. The average Bonchev–Trinajstić information content (AvgIpc) is 3.25. The number of aliphatic hydroxyl groups excluding tert-OH is 1. The Kier molecular flexibility index (Phi) is 3.45. The van der Waals surface area contributed by atoms with Crippen LogP contribution in [0.15, 0.2) is 30.6 Å². The first-order valence-corrected chi connectivity index (χ1v) is 9.20. The molecule has 1 aromatic carbocycles. The Morgan fingerprint density at radius 2 is 2.00 bits per heavy atom. The fourth-order valence-corrected chi connectivity index (χ4v) is 4.58. The van der Waals surface area contributed by atoms with Crippen LogP contribution in [0.25, 0.3) is 0 Å². The number of hydrogen-bond acceptors (Lipinski definition) is 4. The SMILES string of the molecule is OC1c2ccccc2CC1N1CCCC(c2nncn2C2CC2)C1. The Morgan fingerprint density at radius 3 is 2.83 bits per heavy atom. The van der Waals surface area contributed by atoms with Gasteiger partial charge < -0.3 is 9.67 Å². The number of benzene rings is 1. The molecule has 5 heteroatoms. The summed E-state index contributed by atoms with van der Waals surface area (Å²) in [5, 5.41) is 19.4. The minimum Gasteiger partial charge on any atom is -0.387 e. The van der Waals surface area contributed by atoms with E-state index in [1.54, 1.807) is 0 Å². The van der Waals surface area contributed by atoms with E-state index < -0.39 is 0 Å². The smallest absolute Gasteiger partial charge is 0.137 e. The number of piperidine rings is 1. The first kappa shape index (κ1) is 14.6. The molecule has 0 radical (unpaired) electrons. The van der Waals surface area contributed by atoms with Gasteiger partial charge in [-0.2, -0.15) is 0 Å². The maximum Gasteiger partial charge on any atom is 0.137 e. The Labute approximate surface area is 142 Å². The van der Waals surface area contributed by atoms with Crippen molar-refractivity contribution in [3.8, 4) is 0 Å². The molecule has 5 rings (SSSR count). The molecule has 1 saturated heterocycles. The summed E-state index contributed by atoms with van der Waals surface area (Å²) in [5.74, 6) is 1.60. The van der Waals surface area contributed by atoms with Gasteiger partial charge in [0.05, 0.1) is 6.10 Å². The van der Waals surface area contributed by atoms with Gasteiger partial charge in [-0.25, -0.2) is 0 Å². The molecule has 0 bridgehead atoms. The number of hydrogen-bond donors (Lipinski definition) is 1. The predicted octanol–water partition coefficient (Wildman–Crippen LogP) is 2.45. The third kappa shape index (κ3) is 2.38. The Bertz CT molecular complexity index is 738. The molecule has 1 N–H and O–H groups in total. The number of nitrogens with zero attached hydrogens (tertiary/aromatic N) is 4. The second-order valence-corrected chi connectivity index (χ2v) is 7.58. The lowest BCUT2D eigenvalue weighted by atomic mass is 9.94. The Morgan fingerprint density at radius 1 is 1.12 bits per heavy atom. The molecule has 2 heterocycles. The number of rotatable bonds is 3. The summed E-state index contributed by atoms with van der Waals surface area (Å²) in [6.45, 7) is 2.06. The highest BCUT2D eigenvalue weighted by Crippen LogP contribution is 2.40. The Hall–Kier alpha value is -1.72. The van der Waals surface area contributed by atoms with Crippen molar-refractivity contribution in [2.75, 3.05) is 13.1 Å². The van der Waals surface area contributed by atoms with Crippen molar-refractivity contribution in [1.82, 2.24) is 19.7 Å². The standard InChI is InChI=1S/C19H24N4O/c24-18-16-6-2-1-4-13(16)10-17(18)22-9-3-5-14(11-22)19-21-20-12-23(19)15-7-8-15/h1-2,4,6,12,14-15,17-18,24H,3,5,7-11H2. The highest BCUT2D eigenvalue weighted by Gasteiger charge is 2.38. The van der Waals surface area contributed by atoms with Crippen molar-refractivity contribution < 1.29 is 5.11 Å². The van der Waals surface area contributed by atoms with E-state index >= 15 is 0 Å². The summed E-state index contributed by atoms with van der Waals surface area (Å²) >= 11 is 0.